The van der Waals surface area contributed by atoms with Crippen molar-refractivity contribution in [3.05, 3.63) is 71.8 Å². The van der Waals surface area contributed by atoms with Crippen LogP contribution in [0, 0.1) is 0 Å². The van der Waals surface area contributed by atoms with Crippen molar-refractivity contribution in [1.29, 1.82) is 0 Å². The number of nitrogens with one attached hydrogen (secondary N) is 2. The molecule has 0 spiro atoms. The average Bonchev–Trinajstić information content (AvgIpc) is 2.75. The van der Waals surface area contributed by atoms with Crippen molar-refractivity contribution in [3.63, 3.8) is 0 Å². The number of benzene rings is 3. The number of carbonyl (C=O) groups is 2. The third-order valence-corrected chi connectivity index (χ3v) is 4.41. The van der Waals surface area contributed by atoms with Crippen molar-refractivity contribution in [1.82, 2.24) is 5.43 Å². The van der Waals surface area contributed by atoms with Gasteiger partial charge in [-0.1, -0.05) is 30.3 Å². The van der Waals surface area contributed by atoms with E-state index in [2.05, 4.69) is 15.8 Å². The fourth-order valence-corrected chi connectivity index (χ4v) is 3.03. The summed E-state index contributed by atoms with van der Waals surface area (Å²) < 4.78 is 43.9. The molecule has 0 bridgehead atoms. The summed E-state index contributed by atoms with van der Waals surface area (Å²) in [5, 5.41) is 7.92. The standard InChI is InChI=1S/C23H20F3N3O3/c1-2-32-20-11-10-15(18-8-3-4-9-19(18)20)14-27-29-22(31)13-21(30)28-17-7-5-6-16(12-17)23(24,25)26/h3-12,14H,2,13H2,1H3,(H,28,30)(H,29,31). The minimum Gasteiger partial charge on any atom is -0.493 e. The number of ether oxygens (including phenoxy) is 1. The summed E-state index contributed by atoms with van der Waals surface area (Å²) in [7, 11) is 0. The summed E-state index contributed by atoms with van der Waals surface area (Å²) in [4.78, 5) is 23.9. The van der Waals surface area contributed by atoms with Crippen LogP contribution in [0.15, 0.2) is 65.8 Å². The van der Waals surface area contributed by atoms with Crippen LogP contribution in [0.2, 0.25) is 0 Å². The molecule has 0 saturated carbocycles. The normalized spacial score (nSPS) is 11.5. The van der Waals surface area contributed by atoms with Crippen LogP contribution >= 0.6 is 0 Å². The number of hydrogen-bond donors (Lipinski definition) is 2. The molecular weight excluding hydrogens is 423 g/mol. The lowest BCUT2D eigenvalue weighted by molar-refractivity contribution is -0.137. The summed E-state index contributed by atoms with van der Waals surface area (Å²) in [5.41, 5.74) is 2.03. The highest BCUT2D eigenvalue weighted by molar-refractivity contribution is 6.05. The molecule has 32 heavy (non-hydrogen) atoms. The predicted molar refractivity (Wildman–Crippen MR) is 116 cm³/mol. The SMILES string of the molecule is CCOc1ccc(C=NNC(=O)CC(=O)Nc2cccc(C(F)(F)F)c2)c2ccccc12. The Morgan fingerprint density at radius 1 is 1.00 bits per heavy atom. The van der Waals surface area contributed by atoms with Crippen molar-refractivity contribution >= 4 is 34.5 Å². The van der Waals surface area contributed by atoms with Crippen LogP contribution in [-0.4, -0.2) is 24.6 Å². The fraction of sp³-hybridized carbons (Fsp3) is 0.174. The molecule has 0 radical (unpaired) electrons. The highest BCUT2D eigenvalue weighted by Crippen LogP contribution is 2.30. The fourth-order valence-electron chi connectivity index (χ4n) is 3.03. The van der Waals surface area contributed by atoms with Gasteiger partial charge in [-0.25, -0.2) is 5.43 Å². The van der Waals surface area contributed by atoms with E-state index in [-0.39, 0.29) is 5.69 Å². The van der Waals surface area contributed by atoms with Gasteiger partial charge in [0.2, 0.25) is 11.8 Å². The van der Waals surface area contributed by atoms with Gasteiger partial charge >= 0.3 is 6.18 Å². The second-order valence-corrected chi connectivity index (χ2v) is 6.73. The molecule has 9 heteroatoms. The lowest BCUT2D eigenvalue weighted by Crippen LogP contribution is -2.24. The Labute approximate surface area is 182 Å². The molecule has 2 N–H and O–H groups in total. The molecule has 0 aliphatic rings. The zero-order valence-corrected chi connectivity index (χ0v) is 17.1. The van der Waals surface area contributed by atoms with Gasteiger partial charge in [-0.15, -0.1) is 0 Å². The molecule has 0 unspecified atom stereocenters. The smallest absolute Gasteiger partial charge is 0.416 e. The zero-order valence-electron chi connectivity index (χ0n) is 17.1. The van der Waals surface area contributed by atoms with Crippen LogP contribution < -0.4 is 15.5 Å². The van der Waals surface area contributed by atoms with E-state index >= 15 is 0 Å². The molecule has 0 aliphatic carbocycles. The summed E-state index contributed by atoms with van der Waals surface area (Å²) >= 11 is 0. The van der Waals surface area contributed by atoms with E-state index in [9.17, 15) is 22.8 Å². The minimum absolute atomic E-state index is 0.0537. The topological polar surface area (TPSA) is 79.8 Å². The molecule has 0 saturated heterocycles. The van der Waals surface area contributed by atoms with Gasteiger partial charge in [-0.3, -0.25) is 9.59 Å². The van der Waals surface area contributed by atoms with Gasteiger partial charge in [-0.2, -0.15) is 18.3 Å². The maximum atomic E-state index is 12.8. The van der Waals surface area contributed by atoms with E-state index in [1.807, 2.05) is 31.2 Å². The maximum absolute atomic E-state index is 12.8. The summed E-state index contributed by atoms with van der Waals surface area (Å²) in [6.07, 6.45) is -3.68. The number of rotatable bonds is 7. The summed E-state index contributed by atoms with van der Waals surface area (Å²) in [5.74, 6) is -0.736. The first-order valence-corrected chi connectivity index (χ1v) is 9.71. The number of alkyl halides is 3. The van der Waals surface area contributed by atoms with Gasteiger partial charge in [-0.05, 0) is 42.6 Å². The first-order valence-electron chi connectivity index (χ1n) is 9.71. The number of fused-ring (bicyclic) bond motifs is 1. The maximum Gasteiger partial charge on any atom is 0.416 e. The molecule has 3 aromatic rings. The van der Waals surface area contributed by atoms with Crippen LogP contribution in [0.1, 0.15) is 24.5 Å². The second kappa shape index (κ2) is 9.95. The number of hydrogen-bond acceptors (Lipinski definition) is 4. The highest BCUT2D eigenvalue weighted by Gasteiger charge is 2.30. The molecule has 0 aliphatic heterocycles. The minimum atomic E-state index is -4.53. The highest BCUT2D eigenvalue weighted by atomic mass is 19.4. The molecule has 0 atom stereocenters. The van der Waals surface area contributed by atoms with Crippen molar-refractivity contribution in [3.8, 4) is 5.75 Å². The molecule has 0 fully saturated rings. The summed E-state index contributed by atoms with van der Waals surface area (Å²) in [6.45, 7) is 2.42. The summed E-state index contributed by atoms with van der Waals surface area (Å²) in [6, 6.07) is 15.3. The first-order chi connectivity index (χ1) is 15.3. The number of halogens is 3. The van der Waals surface area contributed by atoms with Gasteiger partial charge in [0.05, 0.1) is 18.4 Å². The lowest BCUT2D eigenvalue weighted by atomic mass is 10.0. The zero-order chi connectivity index (χ0) is 23.1. The van der Waals surface area contributed by atoms with Crippen molar-refractivity contribution in [2.45, 2.75) is 19.5 Å². The Kier molecular flexibility index (Phi) is 7.09. The number of anilines is 1. The van der Waals surface area contributed by atoms with Crippen molar-refractivity contribution in [2.75, 3.05) is 11.9 Å². The van der Waals surface area contributed by atoms with E-state index in [1.165, 1.54) is 18.3 Å². The van der Waals surface area contributed by atoms with Gasteiger partial charge in [0, 0.05) is 16.6 Å². The lowest BCUT2D eigenvalue weighted by Gasteiger charge is -2.10. The Morgan fingerprint density at radius 3 is 2.47 bits per heavy atom. The molecule has 3 rings (SSSR count). The third-order valence-electron chi connectivity index (χ3n) is 4.41. The monoisotopic (exact) mass is 443 g/mol. The number of hydrazone groups is 1. The molecule has 6 nitrogen and oxygen atoms in total. The Bertz CT molecular complexity index is 1160. The quantitative estimate of drug-likeness (QED) is 0.315. The second-order valence-electron chi connectivity index (χ2n) is 6.73. The number of nitrogens with zero attached hydrogens (tertiary/aromatic N) is 1. The first kappa shape index (κ1) is 22.8. The Hall–Kier alpha value is -3.88. The number of amides is 2. The Balaban J connectivity index is 1.60. The molecule has 0 aromatic heterocycles. The predicted octanol–water partition coefficient (Wildman–Crippen LogP) is 4.74. The molecular formula is C23H20F3N3O3. The molecule has 2 amide bonds. The van der Waals surface area contributed by atoms with Crippen LogP contribution in [0.5, 0.6) is 5.75 Å². The van der Waals surface area contributed by atoms with Gasteiger partial charge in [0.25, 0.3) is 0 Å². The van der Waals surface area contributed by atoms with Crippen LogP contribution in [0.3, 0.4) is 0 Å². The Morgan fingerprint density at radius 2 is 1.75 bits per heavy atom. The van der Waals surface area contributed by atoms with Gasteiger partial charge < -0.3 is 10.1 Å². The van der Waals surface area contributed by atoms with E-state index < -0.39 is 30.0 Å². The van der Waals surface area contributed by atoms with Gasteiger partial charge in [0.1, 0.15) is 12.2 Å². The largest absolute Gasteiger partial charge is 0.493 e. The van der Waals surface area contributed by atoms with E-state index in [4.69, 9.17) is 4.74 Å². The third kappa shape index (κ3) is 5.84. The van der Waals surface area contributed by atoms with E-state index in [0.29, 0.717) is 6.61 Å². The van der Waals surface area contributed by atoms with Crippen molar-refractivity contribution < 1.29 is 27.5 Å². The molecule has 3 aromatic carbocycles. The van der Waals surface area contributed by atoms with Crippen LogP contribution in [-0.2, 0) is 15.8 Å². The molecule has 166 valence electrons. The molecule has 0 heterocycles. The van der Waals surface area contributed by atoms with Crippen LogP contribution in [0.25, 0.3) is 10.8 Å². The van der Waals surface area contributed by atoms with E-state index in [0.717, 1.165) is 34.2 Å². The number of carbonyl (C=O) groups excluding carboxylic acids is 2. The van der Waals surface area contributed by atoms with Crippen LogP contribution in [0.4, 0.5) is 18.9 Å². The van der Waals surface area contributed by atoms with E-state index in [1.54, 1.807) is 12.1 Å². The average molecular weight is 443 g/mol. The van der Waals surface area contributed by atoms with Crippen molar-refractivity contribution in [2.24, 2.45) is 5.10 Å². The van der Waals surface area contributed by atoms with Gasteiger partial charge in [0.15, 0.2) is 0 Å².